The number of anilines is 1. The molecule has 0 spiro atoms. The third-order valence-electron chi connectivity index (χ3n) is 3.01. The first-order valence-corrected chi connectivity index (χ1v) is 6.24. The molecular formula is C15H17FN2O2. The van der Waals surface area contributed by atoms with Crippen LogP contribution >= 0.6 is 0 Å². The van der Waals surface area contributed by atoms with Crippen molar-refractivity contribution in [1.82, 2.24) is 4.98 Å². The summed E-state index contributed by atoms with van der Waals surface area (Å²) in [6.07, 6.45) is 1.65. The third-order valence-corrected chi connectivity index (χ3v) is 3.01. The van der Waals surface area contributed by atoms with E-state index in [1.807, 2.05) is 25.1 Å². The molecule has 5 heteroatoms. The van der Waals surface area contributed by atoms with E-state index < -0.39 is 0 Å². The minimum absolute atomic E-state index is 0.0893. The molecule has 4 nitrogen and oxygen atoms in total. The van der Waals surface area contributed by atoms with Gasteiger partial charge in [-0.15, -0.1) is 0 Å². The van der Waals surface area contributed by atoms with Gasteiger partial charge in [-0.05, 0) is 36.8 Å². The highest BCUT2D eigenvalue weighted by molar-refractivity contribution is 5.53. The number of methoxy groups -OCH3 is 2. The molecule has 0 saturated carbocycles. The minimum Gasteiger partial charge on any atom is -0.494 e. The van der Waals surface area contributed by atoms with Crippen LogP contribution in [0.25, 0.3) is 0 Å². The number of pyridine rings is 1. The lowest BCUT2D eigenvalue weighted by Crippen LogP contribution is -2.08. The third kappa shape index (κ3) is 2.99. The van der Waals surface area contributed by atoms with E-state index >= 15 is 0 Å². The monoisotopic (exact) mass is 276 g/mol. The van der Waals surface area contributed by atoms with Crippen LogP contribution in [0.1, 0.15) is 18.5 Å². The highest BCUT2D eigenvalue weighted by Gasteiger charge is 2.12. The molecule has 0 radical (unpaired) electrons. The number of aromatic nitrogens is 1. The first kappa shape index (κ1) is 14.1. The van der Waals surface area contributed by atoms with Crippen LogP contribution in [0.3, 0.4) is 0 Å². The van der Waals surface area contributed by atoms with E-state index in [9.17, 15) is 4.39 Å². The summed E-state index contributed by atoms with van der Waals surface area (Å²) in [6, 6.07) is 8.48. The van der Waals surface area contributed by atoms with Crippen molar-refractivity contribution >= 4 is 5.69 Å². The lowest BCUT2D eigenvalue weighted by molar-refractivity contribution is 0.386. The highest BCUT2D eigenvalue weighted by Crippen LogP contribution is 2.27. The number of nitrogens with zero attached hydrogens (tertiary/aromatic N) is 1. The zero-order chi connectivity index (χ0) is 14.5. The summed E-state index contributed by atoms with van der Waals surface area (Å²) in [5.74, 6) is 0.366. The van der Waals surface area contributed by atoms with Crippen molar-refractivity contribution in [2.24, 2.45) is 0 Å². The molecule has 2 aromatic rings. The Bertz CT molecular complexity index is 590. The fourth-order valence-electron chi connectivity index (χ4n) is 1.93. The van der Waals surface area contributed by atoms with Gasteiger partial charge < -0.3 is 14.8 Å². The van der Waals surface area contributed by atoms with Gasteiger partial charge in [0, 0.05) is 12.2 Å². The minimum atomic E-state index is -0.378. The Hall–Kier alpha value is -2.30. The van der Waals surface area contributed by atoms with Crippen LogP contribution in [0.15, 0.2) is 36.5 Å². The van der Waals surface area contributed by atoms with Gasteiger partial charge in [0.15, 0.2) is 11.6 Å². The molecule has 2 rings (SSSR count). The summed E-state index contributed by atoms with van der Waals surface area (Å²) in [6.45, 7) is 1.94. The number of halogens is 1. The molecule has 0 aliphatic rings. The number of hydrogen-bond acceptors (Lipinski definition) is 4. The van der Waals surface area contributed by atoms with Gasteiger partial charge in [-0.3, -0.25) is 0 Å². The molecule has 0 saturated heterocycles. The van der Waals surface area contributed by atoms with E-state index in [1.54, 1.807) is 19.4 Å². The Kier molecular flexibility index (Phi) is 4.40. The van der Waals surface area contributed by atoms with Gasteiger partial charge in [0.05, 0.1) is 19.9 Å². The molecule has 1 unspecified atom stereocenters. The number of nitrogens with one attached hydrogen (secondary N) is 1. The number of ether oxygens (including phenoxy) is 2. The molecule has 1 atom stereocenters. The van der Waals surface area contributed by atoms with Gasteiger partial charge in [-0.1, -0.05) is 6.07 Å². The second-order valence-electron chi connectivity index (χ2n) is 4.32. The summed E-state index contributed by atoms with van der Waals surface area (Å²) in [5, 5.41) is 3.25. The van der Waals surface area contributed by atoms with Crippen LogP contribution in [-0.2, 0) is 0 Å². The van der Waals surface area contributed by atoms with Crippen molar-refractivity contribution in [1.29, 1.82) is 0 Å². The summed E-state index contributed by atoms with van der Waals surface area (Å²) in [7, 11) is 3.01. The first-order chi connectivity index (χ1) is 9.65. The van der Waals surface area contributed by atoms with Gasteiger partial charge in [0.2, 0.25) is 5.88 Å². The maximum atomic E-state index is 13.7. The van der Waals surface area contributed by atoms with Gasteiger partial charge in [0.25, 0.3) is 0 Å². The van der Waals surface area contributed by atoms with Crippen LogP contribution in [-0.4, -0.2) is 19.2 Å². The summed E-state index contributed by atoms with van der Waals surface area (Å²) in [5.41, 5.74) is 1.58. The molecule has 0 bridgehead atoms. The molecule has 1 aromatic carbocycles. The summed E-state index contributed by atoms with van der Waals surface area (Å²) in [4.78, 5) is 4.11. The Morgan fingerprint density at radius 2 is 2.00 bits per heavy atom. The molecule has 1 N–H and O–H groups in total. The second-order valence-corrected chi connectivity index (χ2v) is 4.32. The van der Waals surface area contributed by atoms with E-state index in [0.717, 1.165) is 11.3 Å². The Labute approximate surface area is 117 Å². The van der Waals surface area contributed by atoms with Crippen molar-refractivity contribution in [3.05, 3.63) is 47.9 Å². The van der Waals surface area contributed by atoms with Gasteiger partial charge in [-0.25, -0.2) is 9.37 Å². The lowest BCUT2D eigenvalue weighted by atomic mass is 10.1. The van der Waals surface area contributed by atoms with Crippen molar-refractivity contribution < 1.29 is 13.9 Å². The topological polar surface area (TPSA) is 43.4 Å². The Balaban J connectivity index is 2.19. The van der Waals surface area contributed by atoms with E-state index in [4.69, 9.17) is 9.47 Å². The zero-order valence-electron chi connectivity index (χ0n) is 11.7. The smallest absolute Gasteiger partial charge is 0.237 e. The van der Waals surface area contributed by atoms with Crippen LogP contribution in [0.5, 0.6) is 11.6 Å². The molecule has 20 heavy (non-hydrogen) atoms. The van der Waals surface area contributed by atoms with Crippen molar-refractivity contribution in [3.8, 4) is 11.6 Å². The predicted octanol–water partition coefficient (Wildman–Crippen LogP) is 3.41. The molecule has 0 amide bonds. The van der Waals surface area contributed by atoms with Crippen LogP contribution in [0.2, 0.25) is 0 Å². The second kappa shape index (κ2) is 6.23. The molecule has 106 valence electrons. The predicted molar refractivity (Wildman–Crippen MR) is 75.8 cm³/mol. The Morgan fingerprint density at radius 3 is 2.65 bits per heavy atom. The fourth-order valence-corrected chi connectivity index (χ4v) is 1.93. The Morgan fingerprint density at radius 1 is 1.20 bits per heavy atom. The van der Waals surface area contributed by atoms with Crippen molar-refractivity contribution in [2.75, 3.05) is 19.5 Å². The quantitative estimate of drug-likeness (QED) is 0.908. The maximum absolute atomic E-state index is 13.7. The van der Waals surface area contributed by atoms with Gasteiger partial charge in [0.1, 0.15) is 0 Å². The van der Waals surface area contributed by atoms with E-state index in [1.165, 1.54) is 13.2 Å². The maximum Gasteiger partial charge on any atom is 0.237 e. The van der Waals surface area contributed by atoms with Crippen LogP contribution < -0.4 is 14.8 Å². The fraction of sp³-hybridized carbons (Fsp3) is 0.267. The standard InChI is InChI=1S/C15H17FN2O2/c1-10(11-6-7-14(19-2)12(16)9-11)18-13-5-4-8-17-15(13)20-3/h4-10,18H,1-3H3. The summed E-state index contributed by atoms with van der Waals surface area (Å²) < 4.78 is 23.8. The van der Waals surface area contributed by atoms with Crippen molar-refractivity contribution in [3.63, 3.8) is 0 Å². The van der Waals surface area contributed by atoms with E-state index in [2.05, 4.69) is 10.3 Å². The highest BCUT2D eigenvalue weighted by atomic mass is 19.1. The van der Waals surface area contributed by atoms with E-state index in [0.29, 0.717) is 5.88 Å². The molecule has 0 aliphatic carbocycles. The lowest BCUT2D eigenvalue weighted by Gasteiger charge is -2.17. The number of rotatable bonds is 5. The van der Waals surface area contributed by atoms with Gasteiger partial charge in [-0.2, -0.15) is 0 Å². The molecule has 0 fully saturated rings. The zero-order valence-corrected chi connectivity index (χ0v) is 11.7. The van der Waals surface area contributed by atoms with Crippen molar-refractivity contribution in [2.45, 2.75) is 13.0 Å². The average molecular weight is 276 g/mol. The van der Waals surface area contributed by atoms with E-state index in [-0.39, 0.29) is 17.6 Å². The van der Waals surface area contributed by atoms with Crippen LogP contribution in [0.4, 0.5) is 10.1 Å². The average Bonchev–Trinajstić information content (AvgIpc) is 2.47. The van der Waals surface area contributed by atoms with Crippen LogP contribution in [0, 0.1) is 5.82 Å². The largest absolute Gasteiger partial charge is 0.494 e. The summed E-state index contributed by atoms with van der Waals surface area (Å²) >= 11 is 0. The molecule has 1 aromatic heterocycles. The molecular weight excluding hydrogens is 259 g/mol. The van der Waals surface area contributed by atoms with Gasteiger partial charge >= 0.3 is 0 Å². The normalized spacial score (nSPS) is 11.8. The first-order valence-electron chi connectivity index (χ1n) is 6.24. The SMILES string of the molecule is COc1ccc(C(C)Nc2cccnc2OC)cc1F. The molecule has 1 heterocycles. The number of benzene rings is 1. The molecule has 0 aliphatic heterocycles. The number of hydrogen-bond donors (Lipinski definition) is 1.